The average Bonchev–Trinajstić information content (AvgIpc) is 3.14. The van der Waals surface area contributed by atoms with Crippen LogP contribution in [0.4, 0.5) is 10.6 Å². The van der Waals surface area contributed by atoms with Crippen molar-refractivity contribution < 1.29 is 4.79 Å². The molecule has 0 radical (unpaired) electrons. The first-order valence-electron chi connectivity index (χ1n) is 9.27. The lowest BCUT2D eigenvalue weighted by molar-refractivity contribution is 0.250. The fourth-order valence-electron chi connectivity index (χ4n) is 3.46. The lowest BCUT2D eigenvalue weighted by Crippen LogP contribution is -2.34. The van der Waals surface area contributed by atoms with Gasteiger partial charge in [-0.1, -0.05) is 29.8 Å². The standard InChI is InChI=1S/C19H27ClN6O/c1-12-10-22-26(11-15-6-4-5-7-17(15)20)18(12)23-19(27)21-9-8-16-13(2)24-25-14(16)3/h4-7,10,13-14,16,24-25H,8-9,11H2,1-3H3,(H2,21,23,27). The highest BCUT2D eigenvalue weighted by Gasteiger charge is 2.29. The number of hydrazine groups is 1. The Morgan fingerprint density at radius 2 is 1.96 bits per heavy atom. The van der Waals surface area contributed by atoms with Crippen LogP contribution < -0.4 is 21.5 Å². The van der Waals surface area contributed by atoms with Crippen LogP contribution in [-0.4, -0.2) is 34.4 Å². The number of hydrogen-bond acceptors (Lipinski definition) is 4. The van der Waals surface area contributed by atoms with Crippen molar-refractivity contribution in [1.82, 2.24) is 25.9 Å². The number of hydrogen-bond donors (Lipinski definition) is 4. The summed E-state index contributed by atoms with van der Waals surface area (Å²) >= 11 is 6.24. The Labute approximate surface area is 164 Å². The smallest absolute Gasteiger partial charge is 0.320 e. The van der Waals surface area contributed by atoms with Crippen molar-refractivity contribution in [2.24, 2.45) is 5.92 Å². The zero-order valence-corrected chi connectivity index (χ0v) is 16.7. The molecule has 1 aromatic heterocycles. The predicted molar refractivity (Wildman–Crippen MR) is 108 cm³/mol. The molecule has 7 nitrogen and oxygen atoms in total. The van der Waals surface area contributed by atoms with E-state index in [2.05, 4.69) is 40.4 Å². The van der Waals surface area contributed by atoms with E-state index in [9.17, 15) is 4.79 Å². The topological polar surface area (TPSA) is 83.0 Å². The molecule has 0 spiro atoms. The quantitative estimate of drug-likeness (QED) is 0.611. The minimum Gasteiger partial charge on any atom is -0.338 e. The number of urea groups is 1. The van der Waals surface area contributed by atoms with Gasteiger partial charge in [0.25, 0.3) is 0 Å². The molecular weight excluding hydrogens is 364 g/mol. The van der Waals surface area contributed by atoms with Crippen LogP contribution in [0.3, 0.4) is 0 Å². The van der Waals surface area contributed by atoms with E-state index in [-0.39, 0.29) is 6.03 Å². The number of rotatable bonds is 6. The highest BCUT2D eigenvalue weighted by Crippen LogP contribution is 2.21. The van der Waals surface area contributed by atoms with E-state index in [1.807, 2.05) is 31.2 Å². The van der Waals surface area contributed by atoms with Crippen LogP contribution in [0.25, 0.3) is 0 Å². The number of aryl methyl sites for hydroxylation is 1. The third-order valence-corrected chi connectivity index (χ3v) is 5.49. The summed E-state index contributed by atoms with van der Waals surface area (Å²) in [4.78, 5) is 12.4. The lowest BCUT2D eigenvalue weighted by atomic mass is 9.93. The van der Waals surface area contributed by atoms with Gasteiger partial charge in [0.15, 0.2) is 0 Å². The molecule has 0 saturated carbocycles. The Morgan fingerprint density at radius 1 is 1.26 bits per heavy atom. The van der Waals surface area contributed by atoms with Crippen molar-refractivity contribution in [3.8, 4) is 0 Å². The first-order valence-corrected chi connectivity index (χ1v) is 9.65. The molecule has 2 unspecified atom stereocenters. The third kappa shape index (κ3) is 4.80. The van der Waals surface area contributed by atoms with Crippen LogP contribution >= 0.6 is 11.6 Å². The zero-order valence-electron chi connectivity index (χ0n) is 15.9. The van der Waals surface area contributed by atoms with Crippen molar-refractivity contribution in [2.45, 2.75) is 45.8 Å². The molecular formula is C19H27ClN6O. The summed E-state index contributed by atoms with van der Waals surface area (Å²) in [6.07, 6.45) is 2.65. The van der Waals surface area contributed by atoms with Gasteiger partial charge >= 0.3 is 6.03 Å². The average molecular weight is 391 g/mol. The van der Waals surface area contributed by atoms with Crippen molar-refractivity contribution in [2.75, 3.05) is 11.9 Å². The summed E-state index contributed by atoms with van der Waals surface area (Å²) in [5.41, 5.74) is 8.33. The molecule has 1 fully saturated rings. The van der Waals surface area contributed by atoms with Crippen molar-refractivity contribution in [3.05, 3.63) is 46.6 Å². The Hall–Kier alpha value is -2.09. The van der Waals surface area contributed by atoms with Crippen LogP contribution in [0, 0.1) is 12.8 Å². The Balaban J connectivity index is 1.56. The molecule has 2 atom stereocenters. The van der Waals surface area contributed by atoms with Gasteiger partial charge in [-0.3, -0.25) is 16.2 Å². The Bertz CT molecular complexity index is 782. The SMILES string of the molecule is Cc1cnn(Cc2ccccc2Cl)c1NC(=O)NCCC1C(C)NNC1C. The van der Waals surface area contributed by atoms with Gasteiger partial charge in [0.05, 0.1) is 12.7 Å². The van der Waals surface area contributed by atoms with Gasteiger partial charge in [0, 0.05) is 29.2 Å². The maximum atomic E-state index is 12.4. The number of amides is 2. The van der Waals surface area contributed by atoms with Crippen molar-refractivity contribution in [3.63, 3.8) is 0 Å². The number of benzene rings is 1. The number of carbonyl (C=O) groups excluding carboxylic acids is 1. The molecule has 27 heavy (non-hydrogen) atoms. The largest absolute Gasteiger partial charge is 0.338 e. The first-order chi connectivity index (χ1) is 13.0. The zero-order chi connectivity index (χ0) is 19.4. The fraction of sp³-hybridized carbons (Fsp3) is 0.474. The molecule has 8 heteroatoms. The molecule has 1 aliphatic rings. The molecule has 0 aliphatic carbocycles. The van der Waals surface area contributed by atoms with E-state index < -0.39 is 0 Å². The second-order valence-electron chi connectivity index (χ2n) is 7.12. The van der Waals surface area contributed by atoms with Gasteiger partial charge < -0.3 is 5.32 Å². The lowest BCUT2D eigenvalue weighted by Gasteiger charge is -2.18. The number of nitrogens with zero attached hydrogens (tertiary/aromatic N) is 2. The summed E-state index contributed by atoms with van der Waals surface area (Å²) in [6, 6.07) is 8.19. The summed E-state index contributed by atoms with van der Waals surface area (Å²) in [5, 5.41) is 10.9. The summed E-state index contributed by atoms with van der Waals surface area (Å²) in [6.45, 7) is 7.34. The highest BCUT2D eigenvalue weighted by molar-refractivity contribution is 6.31. The molecule has 2 amide bonds. The minimum atomic E-state index is -0.224. The maximum absolute atomic E-state index is 12.4. The molecule has 2 aromatic rings. The number of aromatic nitrogens is 2. The van der Waals surface area contributed by atoms with Gasteiger partial charge in [-0.2, -0.15) is 5.10 Å². The Morgan fingerprint density at radius 3 is 2.67 bits per heavy atom. The molecule has 0 bridgehead atoms. The van der Waals surface area contributed by atoms with E-state index >= 15 is 0 Å². The van der Waals surface area contributed by atoms with Gasteiger partial charge in [-0.25, -0.2) is 9.48 Å². The van der Waals surface area contributed by atoms with E-state index in [1.165, 1.54) is 0 Å². The van der Waals surface area contributed by atoms with Gasteiger partial charge in [0.1, 0.15) is 5.82 Å². The van der Waals surface area contributed by atoms with E-state index in [0.29, 0.717) is 41.9 Å². The van der Waals surface area contributed by atoms with E-state index in [4.69, 9.17) is 11.6 Å². The number of nitrogens with one attached hydrogen (secondary N) is 4. The number of anilines is 1. The van der Waals surface area contributed by atoms with Gasteiger partial charge in [-0.15, -0.1) is 0 Å². The van der Waals surface area contributed by atoms with Crippen molar-refractivity contribution in [1.29, 1.82) is 0 Å². The highest BCUT2D eigenvalue weighted by atomic mass is 35.5. The number of carbonyl (C=O) groups is 1. The van der Waals surface area contributed by atoms with E-state index in [1.54, 1.807) is 10.9 Å². The molecule has 1 saturated heterocycles. The minimum absolute atomic E-state index is 0.224. The normalized spacial score (nSPS) is 22.0. The van der Waals surface area contributed by atoms with E-state index in [0.717, 1.165) is 17.5 Å². The first kappa shape index (κ1) is 19.7. The Kier molecular flexibility index (Phi) is 6.36. The van der Waals surface area contributed by atoms with Gasteiger partial charge in [-0.05, 0) is 44.7 Å². The van der Waals surface area contributed by atoms with Crippen LogP contribution in [0.15, 0.2) is 30.5 Å². The monoisotopic (exact) mass is 390 g/mol. The van der Waals surface area contributed by atoms with Crippen LogP contribution in [-0.2, 0) is 6.54 Å². The molecule has 3 rings (SSSR count). The maximum Gasteiger partial charge on any atom is 0.320 e. The summed E-state index contributed by atoms with van der Waals surface area (Å²) in [7, 11) is 0. The molecule has 1 aromatic carbocycles. The van der Waals surface area contributed by atoms with Crippen LogP contribution in [0.5, 0.6) is 0 Å². The summed E-state index contributed by atoms with van der Waals surface area (Å²) < 4.78 is 1.76. The van der Waals surface area contributed by atoms with Crippen LogP contribution in [0.2, 0.25) is 5.02 Å². The van der Waals surface area contributed by atoms with Crippen LogP contribution in [0.1, 0.15) is 31.4 Å². The third-order valence-electron chi connectivity index (χ3n) is 5.12. The predicted octanol–water partition coefficient (Wildman–Crippen LogP) is 2.91. The summed E-state index contributed by atoms with van der Waals surface area (Å²) in [5.74, 6) is 1.16. The molecule has 146 valence electrons. The number of halogens is 1. The second kappa shape index (κ2) is 8.73. The molecule has 1 aliphatic heterocycles. The molecule has 2 heterocycles. The van der Waals surface area contributed by atoms with Crippen molar-refractivity contribution >= 4 is 23.4 Å². The fourth-order valence-corrected chi connectivity index (χ4v) is 3.66. The second-order valence-corrected chi connectivity index (χ2v) is 7.53. The molecule has 4 N–H and O–H groups in total. The van der Waals surface area contributed by atoms with Gasteiger partial charge in [0.2, 0.25) is 0 Å².